The summed E-state index contributed by atoms with van der Waals surface area (Å²) in [6.07, 6.45) is 3.76. The number of rotatable bonds is 5. The molecule has 7 heteroatoms. The third-order valence-corrected chi connectivity index (χ3v) is 6.94. The van der Waals surface area contributed by atoms with Gasteiger partial charge in [0.05, 0.1) is 11.4 Å². The number of para-hydroxylation sites is 1. The van der Waals surface area contributed by atoms with Crippen LogP contribution in [0.2, 0.25) is 0 Å². The summed E-state index contributed by atoms with van der Waals surface area (Å²) in [5.41, 5.74) is 3.72. The molecule has 0 saturated carbocycles. The van der Waals surface area contributed by atoms with Gasteiger partial charge in [-0.1, -0.05) is 58.4 Å². The van der Waals surface area contributed by atoms with Crippen LogP contribution in [0.5, 0.6) is 0 Å². The summed E-state index contributed by atoms with van der Waals surface area (Å²) in [5, 5.41) is 0.712. The molecule has 0 aliphatic carbocycles. The molecule has 0 bridgehead atoms. The van der Waals surface area contributed by atoms with Gasteiger partial charge in [0.15, 0.2) is 0 Å². The normalized spacial score (nSPS) is 15.2. The highest BCUT2D eigenvalue weighted by Gasteiger charge is 2.35. The molecule has 3 aromatic carbocycles. The molecule has 2 amide bonds. The van der Waals surface area contributed by atoms with Crippen molar-refractivity contribution < 1.29 is 14.0 Å². The summed E-state index contributed by atoms with van der Waals surface area (Å²) in [7, 11) is 0. The largest absolute Gasteiger partial charge is 0.342 e. The molecular formula is C26H18BrFN2O2S. The molecule has 1 aliphatic heterocycles. The Morgan fingerprint density at radius 3 is 2.30 bits per heavy atom. The highest BCUT2D eigenvalue weighted by molar-refractivity contribution is 9.10. The van der Waals surface area contributed by atoms with Gasteiger partial charge in [-0.25, -0.2) is 4.39 Å². The van der Waals surface area contributed by atoms with E-state index in [1.165, 1.54) is 17.0 Å². The first-order chi connectivity index (χ1) is 16.0. The Morgan fingerprint density at radius 1 is 0.879 bits per heavy atom. The van der Waals surface area contributed by atoms with Crippen LogP contribution in [-0.2, 0) is 17.9 Å². The molecule has 4 nitrogen and oxygen atoms in total. The Kier molecular flexibility index (Phi) is 5.91. The van der Waals surface area contributed by atoms with E-state index in [1.54, 1.807) is 18.2 Å². The molecule has 0 N–H and O–H groups in total. The van der Waals surface area contributed by atoms with Gasteiger partial charge in [0.25, 0.3) is 11.1 Å². The second-order valence-electron chi connectivity index (χ2n) is 7.75. The van der Waals surface area contributed by atoms with E-state index in [-0.39, 0.29) is 23.5 Å². The lowest BCUT2D eigenvalue weighted by atomic mass is 10.1. The first kappa shape index (κ1) is 21.7. The molecule has 0 atom stereocenters. The number of carbonyl (C=O) groups excluding carboxylic acids is 2. The van der Waals surface area contributed by atoms with Crippen molar-refractivity contribution in [2.24, 2.45) is 0 Å². The third kappa shape index (κ3) is 4.51. The fourth-order valence-corrected chi connectivity index (χ4v) is 4.95. The van der Waals surface area contributed by atoms with Crippen LogP contribution in [0.3, 0.4) is 0 Å². The summed E-state index contributed by atoms with van der Waals surface area (Å²) in [5.74, 6) is -0.557. The Labute approximate surface area is 202 Å². The van der Waals surface area contributed by atoms with Crippen LogP contribution in [0, 0.1) is 5.82 Å². The van der Waals surface area contributed by atoms with E-state index in [0.29, 0.717) is 11.4 Å². The molecule has 1 aliphatic rings. The lowest BCUT2D eigenvalue weighted by Crippen LogP contribution is -2.27. The molecule has 1 fully saturated rings. The monoisotopic (exact) mass is 520 g/mol. The minimum atomic E-state index is -0.289. The van der Waals surface area contributed by atoms with Crippen molar-refractivity contribution in [3.05, 3.63) is 111 Å². The highest BCUT2D eigenvalue weighted by atomic mass is 79.9. The average Bonchev–Trinajstić information content (AvgIpc) is 3.29. The maximum absolute atomic E-state index is 13.3. The van der Waals surface area contributed by atoms with Crippen LogP contribution in [0.1, 0.15) is 16.7 Å². The number of fused-ring (bicyclic) bond motifs is 1. The summed E-state index contributed by atoms with van der Waals surface area (Å²) in [6, 6.07) is 21.9. The van der Waals surface area contributed by atoms with Crippen LogP contribution in [-0.4, -0.2) is 20.6 Å². The smallest absolute Gasteiger partial charge is 0.293 e. The summed E-state index contributed by atoms with van der Waals surface area (Å²) in [6.45, 7) is 0.807. The van der Waals surface area contributed by atoms with Gasteiger partial charge in [0.1, 0.15) is 5.82 Å². The maximum atomic E-state index is 13.3. The van der Waals surface area contributed by atoms with Gasteiger partial charge in [-0.2, -0.15) is 0 Å². The minimum absolute atomic E-state index is 0.238. The Bertz CT molecular complexity index is 1390. The second kappa shape index (κ2) is 9.00. The standard InChI is InChI=1S/C26H18BrFN2O2S/c27-20-9-5-18(6-10-20)15-30-25(31)24(33-26(30)32)13-19-16-29(23-4-2-1-3-22(19)23)14-17-7-11-21(28)12-8-17/h1-13,16H,14-15H2/b24-13-. The van der Waals surface area contributed by atoms with E-state index < -0.39 is 0 Å². The summed E-state index contributed by atoms with van der Waals surface area (Å²) < 4.78 is 16.3. The summed E-state index contributed by atoms with van der Waals surface area (Å²) in [4.78, 5) is 27.3. The lowest BCUT2D eigenvalue weighted by molar-refractivity contribution is -0.123. The molecule has 4 aromatic rings. The van der Waals surface area contributed by atoms with Crippen molar-refractivity contribution in [3.63, 3.8) is 0 Å². The van der Waals surface area contributed by atoms with Crippen LogP contribution in [0.25, 0.3) is 17.0 Å². The number of carbonyl (C=O) groups is 2. The predicted molar refractivity (Wildman–Crippen MR) is 133 cm³/mol. The molecule has 5 rings (SSSR count). The van der Waals surface area contributed by atoms with Gasteiger partial charge in [-0.15, -0.1) is 0 Å². The Balaban J connectivity index is 1.45. The summed E-state index contributed by atoms with van der Waals surface area (Å²) >= 11 is 4.36. The maximum Gasteiger partial charge on any atom is 0.293 e. The fourth-order valence-electron chi connectivity index (χ4n) is 3.86. The van der Waals surface area contributed by atoms with E-state index in [2.05, 4.69) is 20.5 Å². The number of thioether (sulfide) groups is 1. The molecule has 1 aromatic heterocycles. The predicted octanol–water partition coefficient (Wildman–Crippen LogP) is 6.83. The van der Waals surface area contributed by atoms with Crippen LogP contribution < -0.4 is 0 Å². The molecule has 0 radical (unpaired) electrons. The van der Waals surface area contributed by atoms with Crippen molar-refractivity contribution in [1.82, 2.24) is 9.47 Å². The van der Waals surface area contributed by atoms with Crippen LogP contribution in [0.15, 0.2) is 88.4 Å². The molecule has 0 spiro atoms. The zero-order chi connectivity index (χ0) is 22.9. The van der Waals surface area contributed by atoms with E-state index in [9.17, 15) is 14.0 Å². The third-order valence-electron chi connectivity index (χ3n) is 5.50. The van der Waals surface area contributed by atoms with Gasteiger partial charge < -0.3 is 4.57 Å². The number of halogens is 2. The van der Waals surface area contributed by atoms with E-state index in [4.69, 9.17) is 0 Å². The molecule has 2 heterocycles. The second-order valence-corrected chi connectivity index (χ2v) is 9.66. The number of hydrogen-bond acceptors (Lipinski definition) is 3. The molecule has 1 saturated heterocycles. The molecule has 164 valence electrons. The van der Waals surface area contributed by atoms with Gasteiger partial charge in [0.2, 0.25) is 0 Å². The van der Waals surface area contributed by atoms with Gasteiger partial charge in [0, 0.05) is 33.7 Å². The van der Waals surface area contributed by atoms with Gasteiger partial charge in [-0.05, 0) is 59.3 Å². The van der Waals surface area contributed by atoms with E-state index in [1.807, 2.05) is 54.7 Å². The van der Waals surface area contributed by atoms with E-state index in [0.717, 1.165) is 43.8 Å². The first-order valence-electron chi connectivity index (χ1n) is 10.3. The topological polar surface area (TPSA) is 42.3 Å². The lowest BCUT2D eigenvalue weighted by Gasteiger charge is -2.12. The van der Waals surface area contributed by atoms with Gasteiger partial charge >= 0.3 is 0 Å². The first-order valence-corrected chi connectivity index (χ1v) is 11.9. The number of nitrogens with zero attached hydrogens (tertiary/aromatic N) is 2. The SMILES string of the molecule is O=C1S/C(=C\c2cn(Cc3ccc(F)cc3)c3ccccc23)C(=O)N1Cc1ccc(Br)cc1. The number of hydrogen-bond donors (Lipinski definition) is 0. The van der Waals surface area contributed by atoms with Crippen LogP contribution in [0.4, 0.5) is 9.18 Å². The number of imide groups is 1. The zero-order valence-corrected chi connectivity index (χ0v) is 19.8. The minimum Gasteiger partial charge on any atom is -0.342 e. The van der Waals surface area contributed by atoms with Crippen molar-refractivity contribution in [2.45, 2.75) is 13.1 Å². The molecular weight excluding hydrogens is 503 g/mol. The van der Waals surface area contributed by atoms with Gasteiger partial charge in [-0.3, -0.25) is 14.5 Å². The Hall–Kier alpha value is -3.16. The number of aromatic nitrogens is 1. The van der Waals surface area contributed by atoms with Crippen molar-refractivity contribution in [2.75, 3.05) is 0 Å². The van der Waals surface area contributed by atoms with Crippen molar-refractivity contribution >= 4 is 55.8 Å². The Morgan fingerprint density at radius 2 is 1.55 bits per heavy atom. The highest BCUT2D eigenvalue weighted by Crippen LogP contribution is 2.35. The fraction of sp³-hybridized carbons (Fsp3) is 0.0769. The average molecular weight is 521 g/mol. The van der Waals surface area contributed by atoms with Crippen molar-refractivity contribution in [1.29, 1.82) is 0 Å². The molecule has 0 unspecified atom stereocenters. The van der Waals surface area contributed by atoms with E-state index >= 15 is 0 Å². The number of benzene rings is 3. The zero-order valence-electron chi connectivity index (χ0n) is 17.4. The molecule has 33 heavy (non-hydrogen) atoms. The quantitative estimate of drug-likeness (QED) is 0.271. The number of amides is 2. The van der Waals surface area contributed by atoms with Crippen molar-refractivity contribution in [3.8, 4) is 0 Å². The van der Waals surface area contributed by atoms with Crippen LogP contribution >= 0.6 is 27.7 Å².